The van der Waals surface area contributed by atoms with Crippen LogP contribution in [0.5, 0.6) is 0 Å². The van der Waals surface area contributed by atoms with Crippen LogP contribution in [-0.4, -0.2) is 11.2 Å². The Balaban J connectivity index is 3.76. The fourth-order valence-corrected chi connectivity index (χ4v) is 0.676. The zero-order valence-corrected chi connectivity index (χ0v) is 6.26. The molecule has 0 spiro atoms. The van der Waals surface area contributed by atoms with Gasteiger partial charge in [-0.05, 0) is 12.8 Å². The van der Waals surface area contributed by atoms with Gasteiger partial charge in [0.05, 0.1) is 6.10 Å². The van der Waals surface area contributed by atoms with E-state index < -0.39 is 0 Å². The van der Waals surface area contributed by atoms with Crippen molar-refractivity contribution in [3.8, 4) is 12.3 Å². The van der Waals surface area contributed by atoms with Gasteiger partial charge in [0, 0.05) is 5.92 Å². The molecule has 0 amide bonds. The van der Waals surface area contributed by atoms with Gasteiger partial charge in [-0.25, -0.2) is 0 Å². The minimum absolute atomic E-state index is 0.0231. The molecule has 52 valence electrons. The average molecular weight is 126 g/mol. The molecular weight excluding hydrogens is 112 g/mol. The Morgan fingerprint density at radius 3 is 1.89 bits per heavy atom. The van der Waals surface area contributed by atoms with E-state index in [9.17, 15) is 5.11 Å². The molecule has 1 nitrogen and oxygen atoms in total. The van der Waals surface area contributed by atoms with Crippen molar-refractivity contribution in [1.82, 2.24) is 0 Å². The van der Waals surface area contributed by atoms with Crippen molar-refractivity contribution >= 4 is 0 Å². The van der Waals surface area contributed by atoms with Crippen LogP contribution in [0.2, 0.25) is 0 Å². The second-order valence-corrected chi connectivity index (χ2v) is 2.69. The molecule has 9 heavy (non-hydrogen) atoms. The van der Waals surface area contributed by atoms with Crippen LogP contribution in [0, 0.1) is 24.2 Å². The SMILES string of the molecule is C#CC(C)C(O)C(C)C. The van der Waals surface area contributed by atoms with Crippen molar-refractivity contribution < 1.29 is 5.11 Å². The van der Waals surface area contributed by atoms with Crippen molar-refractivity contribution in [3.05, 3.63) is 0 Å². The van der Waals surface area contributed by atoms with E-state index in [0.29, 0.717) is 0 Å². The van der Waals surface area contributed by atoms with E-state index in [0.717, 1.165) is 0 Å². The molecule has 2 unspecified atom stereocenters. The Morgan fingerprint density at radius 2 is 1.78 bits per heavy atom. The molecule has 0 saturated heterocycles. The van der Waals surface area contributed by atoms with Crippen LogP contribution < -0.4 is 0 Å². The highest BCUT2D eigenvalue weighted by atomic mass is 16.3. The van der Waals surface area contributed by atoms with E-state index in [1.807, 2.05) is 20.8 Å². The molecular formula is C8H14O. The summed E-state index contributed by atoms with van der Waals surface area (Å²) in [7, 11) is 0. The van der Waals surface area contributed by atoms with Gasteiger partial charge in [-0.1, -0.05) is 13.8 Å². The van der Waals surface area contributed by atoms with Crippen LogP contribution in [0.3, 0.4) is 0 Å². The van der Waals surface area contributed by atoms with Gasteiger partial charge in [0.1, 0.15) is 0 Å². The molecule has 0 radical (unpaired) electrons. The molecule has 0 saturated carbocycles. The first kappa shape index (κ1) is 8.52. The number of terminal acetylenes is 1. The monoisotopic (exact) mass is 126 g/mol. The molecule has 0 aromatic rings. The average Bonchev–Trinajstić information content (AvgIpc) is 1.84. The van der Waals surface area contributed by atoms with E-state index in [4.69, 9.17) is 6.42 Å². The third-order valence-corrected chi connectivity index (χ3v) is 1.46. The van der Waals surface area contributed by atoms with Gasteiger partial charge in [-0.15, -0.1) is 12.3 Å². The topological polar surface area (TPSA) is 20.2 Å². The molecule has 0 aliphatic heterocycles. The first-order chi connectivity index (χ1) is 4.09. The molecule has 0 aromatic carbocycles. The highest BCUT2D eigenvalue weighted by molar-refractivity contribution is 4.94. The summed E-state index contributed by atoms with van der Waals surface area (Å²) in [4.78, 5) is 0. The van der Waals surface area contributed by atoms with Crippen molar-refractivity contribution in [1.29, 1.82) is 0 Å². The summed E-state index contributed by atoms with van der Waals surface area (Å²) in [5, 5.41) is 9.25. The predicted molar refractivity (Wildman–Crippen MR) is 38.8 cm³/mol. The highest BCUT2D eigenvalue weighted by Gasteiger charge is 2.14. The lowest BCUT2D eigenvalue weighted by Crippen LogP contribution is -2.22. The molecule has 2 atom stereocenters. The number of hydrogen-bond donors (Lipinski definition) is 1. The van der Waals surface area contributed by atoms with Crippen molar-refractivity contribution in [2.75, 3.05) is 0 Å². The quantitative estimate of drug-likeness (QED) is 0.552. The van der Waals surface area contributed by atoms with Crippen molar-refractivity contribution in [3.63, 3.8) is 0 Å². The lowest BCUT2D eigenvalue weighted by atomic mass is 9.96. The first-order valence-electron chi connectivity index (χ1n) is 3.23. The zero-order chi connectivity index (χ0) is 7.44. The smallest absolute Gasteiger partial charge is 0.0697 e. The van der Waals surface area contributed by atoms with E-state index in [2.05, 4.69) is 5.92 Å². The summed E-state index contributed by atoms with van der Waals surface area (Å²) >= 11 is 0. The molecule has 0 heterocycles. The van der Waals surface area contributed by atoms with Gasteiger partial charge >= 0.3 is 0 Å². The van der Waals surface area contributed by atoms with Crippen molar-refractivity contribution in [2.45, 2.75) is 26.9 Å². The minimum atomic E-state index is -0.352. The van der Waals surface area contributed by atoms with Gasteiger partial charge in [0.2, 0.25) is 0 Å². The Kier molecular flexibility index (Phi) is 3.34. The highest BCUT2D eigenvalue weighted by Crippen LogP contribution is 2.10. The summed E-state index contributed by atoms with van der Waals surface area (Å²) in [6, 6.07) is 0. The third kappa shape index (κ3) is 2.53. The fourth-order valence-electron chi connectivity index (χ4n) is 0.676. The van der Waals surface area contributed by atoms with E-state index in [-0.39, 0.29) is 17.9 Å². The van der Waals surface area contributed by atoms with E-state index in [1.165, 1.54) is 0 Å². The Hall–Kier alpha value is -0.480. The molecule has 1 N–H and O–H groups in total. The number of rotatable bonds is 2. The maximum absolute atomic E-state index is 9.25. The van der Waals surface area contributed by atoms with Crippen LogP contribution in [0.4, 0.5) is 0 Å². The van der Waals surface area contributed by atoms with Crippen LogP contribution in [0.25, 0.3) is 0 Å². The number of aliphatic hydroxyl groups is 1. The fraction of sp³-hybridized carbons (Fsp3) is 0.750. The number of aliphatic hydroxyl groups excluding tert-OH is 1. The number of hydrogen-bond acceptors (Lipinski definition) is 1. The molecule has 0 rings (SSSR count). The largest absolute Gasteiger partial charge is 0.392 e. The lowest BCUT2D eigenvalue weighted by molar-refractivity contribution is 0.0946. The van der Waals surface area contributed by atoms with Gasteiger partial charge in [0.15, 0.2) is 0 Å². The molecule has 1 heteroatoms. The normalized spacial score (nSPS) is 16.9. The van der Waals surface area contributed by atoms with Crippen LogP contribution in [0.15, 0.2) is 0 Å². The van der Waals surface area contributed by atoms with Crippen LogP contribution in [-0.2, 0) is 0 Å². The zero-order valence-electron chi connectivity index (χ0n) is 6.26. The first-order valence-corrected chi connectivity index (χ1v) is 3.23. The molecule has 0 aliphatic rings. The van der Waals surface area contributed by atoms with E-state index in [1.54, 1.807) is 0 Å². The summed E-state index contributed by atoms with van der Waals surface area (Å²) in [5.41, 5.74) is 0. The maximum atomic E-state index is 9.25. The van der Waals surface area contributed by atoms with Crippen molar-refractivity contribution in [2.24, 2.45) is 11.8 Å². The summed E-state index contributed by atoms with van der Waals surface area (Å²) in [5.74, 6) is 2.73. The molecule has 0 aliphatic carbocycles. The maximum Gasteiger partial charge on any atom is 0.0697 e. The Bertz CT molecular complexity index is 110. The third-order valence-electron chi connectivity index (χ3n) is 1.46. The van der Waals surface area contributed by atoms with Gasteiger partial charge in [-0.2, -0.15) is 0 Å². The Labute approximate surface area is 57.1 Å². The summed E-state index contributed by atoms with van der Waals surface area (Å²) in [6.07, 6.45) is 4.75. The molecule has 0 bridgehead atoms. The predicted octanol–water partition coefficient (Wildman–Crippen LogP) is 1.27. The van der Waals surface area contributed by atoms with Gasteiger partial charge in [-0.3, -0.25) is 0 Å². The van der Waals surface area contributed by atoms with Crippen LogP contribution >= 0.6 is 0 Å². The van der Waals surface area contributed by atoms with Gasteiger partial charge < -0.3 is 5.11 Å². The van der Waals surface area contributed by atoms with E-state index >= 15 is 0 Å². The Morgan fingerprint density at radius 1 is 1.33 bits per heavy atom. The standard InChI is InChI=1S/C8H14O/c1-5-7(4)8(9)6(2)3/h1,6-9H,2-4H3. The second-order valence-electron chi connectivity index (χ2n) is 2.69. The molecule has 0 fully saturated rings. The van der Waals surface area contributed by atoms with Gasteiger partial charge in [0.25, 0.3) is 0 Å². The summed E-state index contributed by atoms with van der Waals surface area (Å²) in [6.45, 7) is 5.77. The second kappa shape index (κ2) is 3.53. The molecule has 0 aromatic heterocycles. The van der Waals surface area contributed by atoms with Crippen LogP contribution in [0.1, 0.15) is 20.8 Å². The summed E-state index contributed by atoms with van der Waals surface area (Å²) < 4.78 is 0. The lowest BCUT2D eigenvalue weighted by Gasteiger charge is -2.16. The minimum Gasteiger partial charge on any atom is -0.392 e.